The summed E-state index contributed by atoms with van der Waals surface area (Å²) in [7, 11) is 0. The lowest BCUT2D eigenvalue weighted by molar-refractivity contribution is -0.132. The molecule has 2 aliphatic rings. The van der Waals surface area contributed by atoms with Gasteiger partial charge in [0.15, 0.2) is 0 Å². The van der Waals surface area contributed by atoms with E-state index in [1.807, 2.05) is 24.5 Å². The van der Waals surface area contributed by atoms with Crippen molar-refractivity contribution in [3.63, 3.8) is 0 Å². The Morgan fingerprint density at radius 3 is 2.37 bits per heavy atom. The highest BCUT2D eigenvalue weighted by Crippen LogP contribution is 2.28. The number of barbiturate groups is 1. The summed E-state index contributed by atoms with van der Waals surface area (Å²) in [5, 5.41) is 2.32. The first-order valence-electron chi connectivity index (χ1n) is 10.2. The molecule has 1 saturated heterocycles. The van der Waals surface area contributed by atoms with Crippen LogP contribution in [0.25, 0.3) is 11.8 Å². The number of hydrogen-bond donors (Lipinski definition) is 1. The molecule has 4 amide bonds. The van der Waals surface area contributed by atoms with Crippen molar-refractivity contribution < 1.29 is 18.8 Å². The molecular weight excluding hydrogens is 385 g/mol. The molecule has 2 fully saturated rings. The number of aryl methyl sites for hydroxylation is 1. The lowest BCUT2D eigenvalue weighted by Crippen LogP contribution is -2.58. The van der Waals surface area contributed by atoms with Crippen LogP contribution in [0.1, 0.15) is 49.1 Å². The third-order valence-corrected chi connectivity index (χ3v) is 5.93. The fourth-order valence-corrected chi connectivity index (χ4v) is 4.42. The average Bonchev–Trinajstić information content (AvgIpc) is 3.00. The zero-order chi connectivity index (χ0) is 21.4. The summed E-state index contributed by atoms with van der Waals surface area (Å²) in [6, 6.07) is 7.19. The smallest absolute Gasteiger partial charge is 0.318 e. The van der Waals surface area contributed by atoms with Crippen molar-refractivity contribution in [1.29, 1.82) is 0 Å². The molecule has 2 heterocycles. The van der Waals surface area contributed by atoms with Crippen LogP contribution in [0.3, 0.4) is 0 Å². The van der Waals surface area contributed by atoms with E-state index in [0.29, 0.717) is 5.56 Å². The topological polar surface area (TPSA) is 71.4 Å². The molecular formula is C23H24FN3O3. The monoisotopic (exact) mass is 409 g/mol. The molecule has 1 aliphatic heterocycles. The van der Waals surface area contributed by atoms with Crippen LogP contribution in [-0.2, 0) is 9.59 Å². The number of nitrogens with zero attached hydrogens (tertiary/aromatic N) is 2. The van der Waals surface area contributed by atoms with Gasteiger partial charge in [0.05, 0.1) is 0 Å². The van der Waals surface area contributed by atoms with Gasteiger partial charge in [-0.05, 0) is 68.7 Å². The highest BCUT2D eigenvalue weighted by molar-refractivity contribution is 6.31. The minimum absolute atomic E-state index is 0.0421. The maximum atomic E-state index is 13.3. The number of benzene rings is 1. The van der Waals surface area contributed by atoms with Crippen molar-refractivity contribution in [3.05, 3.63) is 58.7 Å². The highest BCUT2D eigenvalue weighted by atomic mass is 19.1. The van der Waals surface area contributed by atoms with E-state index in [0.717, 1.165) is 49.2 Å². The normalized spacial score (nSPS) is 19.5. The molecule has 1 aromatic carbocycles. The predicted octanol–water partition coefficient (Wildman–Crippen LogP) is 4.03. The Morgan fingerprint density at radius 1 is 1.03 bits per heavy atom. The second-order valence-electron chi connectivity index (χ2n) is 7.92. The minimum atomic E-state index is -0.677. The molecule has 0 spiro atoms. The van der Waals surface area contributed by atoms with Crippen LogP contribution in [0.5, 0.6) is 0 Å². The van der Waals surface area contributed by atoms with Gasteiger partial charge in [0, 0.05) is 23.1 Å². The van der Waals surface area contributed by atoms with E-state index in [1.165, 1.54) is 17.0 Å². The zero-order valence-electron chi connectivity index (χ0n) is 17.1. The van der Waals surface area contributed by atoms with E-state index in [2.05, 4.69) is 5.32 Å². The predicted molar refractivity (Wildman–Crippen MR) is 110 cm³/mol. The number of urea groups is 1. The van der Waals surface area contributed by atoms with Gasteiger partial charge in [0.2, 0.25) is 0 Å². The summed E-state index contributed by atoms with van der Waals surface area (Å²) in [6.45, 7) is 3.77. The maximum absolute atomic E-state index is 13.3. The SMILES string of the molecule is Cc1cc(C=C2C(=O)NC(=O)N(C3CCCCC3)C2=O)c(C)n1-c1ccc(F)cc1. The third-order valence-electron chi connectivity index (χ3n) is 5.93. The Balaban J connectivity index is 1.70. The number of carbonyl (C=O) groups is 3. The second kappa shape index (κ2) is 7.89. The second-order valence-corrected chi connectivity index (χ2v) is 7.92. The van der Waals surface area contributed by atoms with Crippen molar-refractivity contribution in [3.8, 4) is 5.69 Å². The number of carbonyl (C=O) groups excluding carboxylic acids is 3. The number of aromatic nitrogens is 1. The molecule has 6 nitrogen and oxygen atoms in total. The van der Waals surface area contributed by atoms with E-state index in [9.17, 15) is 18.8 Å². The lowest BCUT2D eigenvalue weighted by Gasteiger charge is -2.35. The molecule has 4 rings (SSSR count). The molecule has 7 heteroatoms. The Morgan fingerprint density at radius 2 is 1.70 bits per heavy atom. The quantitative estimate of drug-likeness (QED) is 0.615. The molecule has 0 bridgehead atoms. The summed E-state index contributed by atoms with van der Waals surface area (Å²) in [6.07, 6.45) is 6.10. The van der Waals surface area contributed by atoms with E-state index in [4.69, 9.17) is 0 Å². The van der Waals surface area contributed by atoms with E-state index in [-0.39, 0.29) is 17.4 Å². The number of halogens is 1. The Hall–Kier alpha value is -3.22. The first kappa shape index (κ1) is 20.1. The molecule has 0 atom stereocenters. The van der Waals surface area contributed by atoms with E-state index < -0.39 is 17.8 Å². The molecule has 30 heavy (non-hydrogen) atoms. The number of imide groups is 2. The van der Waals surface area contributed by atoms with E-state index >= 15 is 0 Å². The highest BCUT2D eigenvalue weighted by Gasteiger charge is 2.40. The van der Waals surface area contributed by atoms with Crippen LogP contribution in [0.4, 0.5) is 9.18 Å². The largest absolute Gasteiger partial charge is 0.331 e. The maximum Gasteiger partial charge on any atom is 0.331 e. The molecule has 1 aliphatic carbocycles. The first-order valence-corrected chi connectivity index (χ1v) is 10.2. The third kappa shape index (κ3) is 3.56. The van der Waals surface area contributed by atoms with Gasteiger partial charge >= 0.3 is 6.03 Å². The first-order chi connectivity index (χ1) is 14.4. The van der Waals surface area contributed by atoms with Gasteiger partial charge < -0.3 is 4.57 Å². The Labute approximate surface area is 174 Å². The van der Waals surface area contributed by atoms with Crippen molar-refractivity contribution in [2.45, 2.75) is 52.0 Å². The van der Waals surface area contributed by atoms with Crippen LogP contribution in [0.2, 0.25) is 0 Å². The summed E-state index contributed by atoms with van der Waals surface area (Å²) >= 11 is 0. The van der Waals surface area contributed by atoms with Gasteiger partial charge in [0.25, 0.3) is 11.8 Å². The molecule has 1 saturated carbocycles. The number of nitrogens with one attached hydrogen (secondary N) is 1. The number of hydrogen-bond acceptors (Lipinski definition) is 3. The minimum Gasteiger partial charge on any atom is -0.318 e. The van der Waals surface area contributed by atoms with Crippen molar-refractivity contribution in [2.24, 2.45) is 0 Å². The van der Waals surface area contributed by atoms with Gasteiger partial charge in [-0.1, -0.05) is 19.3 Å². The lowest BCUT2D eigenvalue weighted by atomic mass is 9.93. The van der Waals surface area contributed by atoms with Crippen molar-refractivity contribution >= 4 is 23.9 Å². The molecule has 156 valence electrons. The van der Waals surface area contributed by atoms with Crippen LogP contribution >= 0.6 is 0 Å². The summed E-state index contributed by atoms with van der Waals surface area (Å²) < 4.78 is 15.2. The van der Waals surface area contributed by atoms with Crippen LogP contribution in [0.15, 0.2) is 35.9 Å². The summed E-state index contributed by atoms with van der Waals surface area (Å²) in [5.74, 6) is -1.54. The molecule has 0 unspecified atom stereocenters. The van der Waals surface area contributed by atoms with Gasteiger partial charge in [-0.2, -0.15) is 0 Å². The Kier molecular flexibility index (Phi) is 5.28. The molecule has 1 N–H and O–H groups in total. The van der Waals surface area contributed by atoms with Gasteiger partial charge in [0.1, 0.15) is 11.4 Å². The number of rotatable bonds is 3. The van der Waals surface area contributed by atoms with Gasteiger partial charge in [-0.15, -0.1) is 0 Å². The van der Waals surface area contributed by atoms with Gasteiger partial charge in [-0.25, -0.2) is 9.18 Å². The summed E-state index contributed by atoms with van der Waals surface area (Å²) in [5.41, 5.74) is 3.14. The fraction of sp³-hybridized carbons (Fsp3) is 0.348. The standard InChI is InChI=1S/C23H24FN3O3/c1-14-12-16(15(2)26(14)19-10-8-17(24)9-11-19)13-20-21(28)25-23(30)27(22(20)29)18-6-4-3-5-7-18/h8-13,18H,3-7H2,1-2H3,(H,25,28,30). The van der Waals surface area contributed by atoms with Crippen LogP contribution < -0.4 is 5.32 Å². The van der Waals surface area contributed by atoms with Crippen molar-refractivity contribution in [2.75, 3.05) is 0 Å². The molecule has 1 aromatic heterocycles. The number of amides is 4. The fourth-order valence-electron chi connectivity index (χ4n) is 4.42. The Bertz CT molecular complexity index is 1050. The summed E-state index contributed by atoms with van der Waals surface area (Å²) in [4.78, 5) is 39.1. The average molecular weight is 409 g/mol. The molecule has 2 aromatic rings. The van der Waals surface area contributed by atoms with Crippen LogP contribution in [0, 0.1) is 19.7 Å². The molecule has 0 radical (unpaired) electrons. The van der Waals surface area contributed by atoms with Crippen LogP contribution in [-0.4, -0.2) is 33.4 Å². The van der Waals surface area contributed by atoms with Gasteiger partial charge in [-0.3, -0.25) is 19.8 Å². The van der Waals surface area contributed by atoms with E-state index in [1.54, 1.807) is 18.2 Å². The zero-order valence-corrected chi connectivity index (χ0v) is 17.1. The van der Waals surface area contributed by atoms with Crippen molar-refractivity contribution in [1.82, 2.24) is 14.8 Å².